The molecule has 0 saturated heterocycles. The molecule has 0 aliphatic rings. The summed E-state index contributed by atoms with van der Waals surface area (Å²) in [5, 5.41) is 4.99. The molecule has 7 nitrogen and oxygen atoms in total. The van der Waals surface area contributed by atoms with Crippen molar-refractivity contribution in [3.63, 3.8) is 0 Å². The van der Waals surface area contributed by atoms with Gasteiger partial charge >= 0.3 is 5.97 Å². The number of para-hydroxylation sites is 1. The minimum atomic E-state index is -0.678. The molecule has 0 bridgehead atoms. The van der Waals surface area contributed by atoms with E-state index in [4.69, 9.17) is 10.5 Å². The number of benzene rings is 1. The monoisotopic (exact) mass is 307 g/mol. The fourth-order valence-electron chi connectivity index (χ4n) is 1.67. The van der Waals surface area contributed by atoms with Gasteiger partial charge in [-0.15, -0.1) is 0 Å². The second kappa shape index (κ2) is 8.02. The van der Waals surface area contributed by atoms with Crippen molar-refractivity contribution in [1.82, 2.24) is 10.6 Å². The largest absolute Gasteiger partial charge is 0.452 e. The highest BCUT2D eigenvalue weighted by Crippen LogP contribution is 2.17. The average molecular weight is 307 g/mol. The molecule has 120 valence electrons. The highest BCUT2D eigenvalue weighted by Gasteiger charge is 2.14. The Kier molecular flexibility index (Phi) is 6.37. The van der Waals surface area contributed by atoms with Crippen LogP contribution in [-0.4, -0.2) is 37.0 Å². The van der Waals surface area contributed by atoms with Gasteiger partial charge in [-0.2, -0.15) is 0 Å². The van der Waals surface area contributed by atoms with Gasteiger partial charge in [0.25, 0.3) is 5.91 Å². The Labute approximate surface area is 129 Å². The number of rotatable bonds is 6. The molecule has 0 saturated carbocycles. The fraction of sp³-hybridized carbons (Fsp3) is 0.400. The number of nitrogen functional groups attached to an aromatic ring is 1. The SMILES string of the molecule is Cc1cccc(C(=O)OCC(=O)NCC(=O)NC(C)C)c1N. The van der Waals surface area contributed by atoms with Crippen LogP contribution in [0.3, 0.4) is 0 Å². The van der Waals surface area contributed by atoms with Crippen molar-refractivity contribution >= 4 is 23.5 Å². The maximum Gasteiger partial charge on any atom is 0.340 e. The topological polar surface area (TPSA) is 111 Å². The third-order valence-electron chi connectivity index (χ3n) is 2.77. The van der Waals surface area contributed by atoms with Crippen molar-refractivity contribution in [3.05, 3.63) is 29.3 Å². The molecule has 1 aromatic carbocycles. The number of hydrogen-bond acceptors (Lipinski definition) is 5. The van der Waals surface area contributed by atoms with Crippen LogP contribution >= 0.6 is 0 Å². The molecule has 0 aromatic heterocycles. The molecular formula is C15H21N3O4. The second-order valence-corrected chi connectivity index (χ2v) is 5.11. The van der Waals surface area contributed by atoms with Crippen LogP contribution in [0, 0.1) is 6.92 Å². The van der Waals surface area contributed by atoms with E-state index in [9.17, 15) is 14.4 Å². The van der Waals surface area contributed by atoms with Gasteiger partial charge in [0.05, 0.1) is 12.1 Å². The van der Waals surface area contributed by atoms with Crippen LogP contribution in [0.1, 0.15) is 29.8 Å². The van der Waals surface area contributed by atoms with E-state index in [1.54, 1.807) is 19.1 Å². The summed E-state index contributed by atoms with van der Waals surface area (Å²) in [6.45, 7) is 4.76. The van der Waals surface area contributed by atoms with E-state index >= 15 is 0 Å². The number of nitrogens with two attached hydrogens (primary N) is 1. The summed E-state index contributed by atoms with van der Waals surface area (Å²) in [6, 6.07) is 4.97. The summed E-state index contributed by atoms with van der Waals surface area (Å²) in [6.07, 6.45) is 0. The minimum absolute atomic E-state index is 0.00785. The quantitative estimate of drug-likeness (QED) is 0.519. The first-order valence-corrected chi connectivity index (χ1v) is 6.89. The number of carbonyl (C=O) groups excluding carboxylic acids is 3. The summed E-state index contributed by atoms with van der Waals surface area (Å²) in [5.41, 5.74) is 7.07. The second-order valence-electron chi connectivity index (χ2n) is 5.11. The molecule has 7 heteroatoms. The predicted molar refractivity (Wildman–Crippen MR) is 82.2 cm³/mol. The number of carbonyl (C=O) groups is 3. The zero-order valence-corrected chi connectivity index (χ0v) is 12.9. The first-order valence-electron chi connectivity index (χ1n) is 6.89. The lowest BCUT2D eigenvalue weighted by molar-refractivity contribution is -0.128. The van der Waals surface area contributed by atoms with Gasteiger partial charge in [0.2, 0.25) is 5.91 Å². The van der Waals surface area contributed by atoms with Crippen molar-refractivity contribution in [3.8, 4) is 0 Å². The van der Waals surface area contributed by atoms with Crippen LogP contribution in [0.2, 0.25) is 0 Å². The number of esters is 1. The van der Waals surface area contributed by atoms with Crippen molar-refractivity contribution in [2.75, 3.05) is 18.9 Å². The molecule has 0 unspecified atom stereocenters. The van der Waals surface area contributed by atoms with Crippen molar-refractivity contribution in [1.29, 1.82) is 0 Å². The summed E-state index contributed by atoms with van der Waals surface area (Å²) in [4.78, 5) is 34.7. The van der Waals surface area contributed by atoms with Gasteiger partial charge in [-0.05, 0) is 32.4 Å². The molecule has 1 aromatic rings. The van der Waals surface area contributed by atoms with E-state index in [1.807, 2.05) is 13.8 Å². The Morgan fingerprint density at radius 3 is 2.55 bits per heavy atom. The molecule has 0 aliphatic carbocycles. The molecule has 22 heavy (non-hydrogen) atoms. The first-order chi connectivity index (χ1) is 10.3. The fourth-order valence-corrected chi connectivity index (χ4v) is 1.67. The Hall–Kier alpha value is -2.57. The average Bonchev–Trinajstić information content (AvgIpc) is 2.44. The Morgan fingerprint density at radius 1 is 1.23 bits per heavy atom. The van der Waals surface area contributed by atoms with Crippen LogP contribution in [0.5, 0.6) is 0 Å². The Morgan fingerprint density at radius 2 is 1.91 bits per heavy atom. The summed E-state index contributed by atoms with van der Waals surface area (Å²) < 4.78 is 4.88. The lowest BCUT2D eigenvalue weighted by atomic mass is 10.1. The van der Waals surface area contributed by atoms with Crippen LogP contribution in [0.25, 0.3) is 0 Å². The molecular weight excluding hydrogens is 286 g/mol. The van der Waals surface area contributed by atoms with Crippen molar-refractivity contribution < 1.29 is 19.1 Å². The Balaban J connectivity index is 2.42. The third kappa shape index (κ3) is 5.43. The molecule has 0 atom stereocenters. The molecule has 1 rings (SSSR count). The number of hydrogen-bond donors (Lipinski definition) is 3. The van der Waals surface area contributed by atoms with Gasteiger partial charge in [-0.1, -0.05) is 12.1 Å². The summed E-state index contributed by atoms with van der Waals surface area (Å²) >= 11 is 0. The highest BCUT2D eigenvalue weighted by atomic mass is 16.5. The zero-order valence-electron chi connectivity index (χ0n) is 12.9. The molecule has 0 spiro atoms. The van der Waals surface area contributed by atoms with E-state index in [0.717, 1.165) is 5.56 Å². The number of anilines is 1. The summed E-state index contributed by atoms with van der Waals surface area (Å²) in [7, 11) is 0. The van der Waals surface area contributed by atoms with Crippen LogP contribution in [-0.2, 0) is 14.3 Å². The van der Waals surface area contributed by atoms with Gasteiger partial charge in [0.15, 0.2) is 6.61 Å². The number of ether oxygens (including phenoxy) is 1. The van der Waals surface area contributed by atoms with Crippen LogP contribution in [0.15, 0.2) is 18.2 Å². The molecule has 0 radical (unpaired) electrons. The van der Waals surface area contributed by atoms with Gasteiger partial charge < -0.3 is 21.1 Å². The lowest BCUT2D eigenvalue weighted by Gasteiger charge is -2.10. The molecule has 2 amide bonds. The molecule has 4 N–H and O–H groups in total. The predicted octanol–water partition coefficient (Wildman–Crippen LogP) is 0.375. The van der Waals surface area contributed by atoms with Crippen LogP contribution in [0.4, 0.5) is 5.69 Å². The van der Waals surface area contributed by atoms with Gasteiger partial charge in [0.1, 0.15) is 0 Å². The minimum Gasteiger partial charge on any atom is -0.452 e. The van der Waals surface area contributed by atoms with Crippen LogP contribution < -0.4 is 16.4 Å². The third-order valence-corrected chi connectivity index (χ3v) is 2.77. The van der Waals surface area contributed by atoms with E-state index in [-0.39, 0.29) is 24.1 Å². The maximum absolute atomic E-state index is 11.8. The lowest BCUT2D eigenvalue weighted by Crippen LogP contribution is -2.41. The molecule has 0 fully saturated rings. The normalized spacial score (nSPS) is 10.2. The smallest absolute Gasteiger partial charge is 0.340 e. The number of nitrogens with one attached hydrogen (secondary N) is 2. The summed E-state index contributed by atoms with van der Waals surface area (Å²) in [5.74, 6) is -1.54. The van der Waals surface area contributed by atoms with E-state index < -0.39 is 18.5 Å². The van der Waals surface area contributed by atoms with E-state index in [1.165, 1.54) is 6.07 Å². The van der Waals surface area contributed by atoms with E-state index in [0.29, 0.717) is 5.69 Å². The molecule has 0 aliphatic heterocycles. The van der Waals surface area contributed by atoms with Crippen molar-refractivity contribution in [2.45, 2.75) is 26.8 Å². The van der Waals surface area contributed by atoms with Gasteiger partial charge in [-0.25, -0.2) is 4.79 Å². The zero-order chi connectivity index (χ0) is 16.7. The van der Waals surface area contributed by atoms with Crippen molar-refractivity contribution in [2.24, 2.45) is 0 Å². The maximum atomic E-state index is 11.8. The van der Waals surface area contributed by atoms with Gasteiger partial charge in [-0.3, -0.25) is 9.59 Å². The molecule has 0 heterocycles. The number of amides is 2. The first kappa shape index (κ1) is 17.5. The number of aryl methyl sites for hydroxylation is 1. The Bertz CT molecular complexity index is 570. The highest BCUT2D eigenvalue weighted by molar-refractivity contribution is 5.97. The van der Waals surface area contributed by atoms with E-state index in [2.05, 4.69) is 10.6 Å². The van der Waals surface area contributed by atoms with Gasteiger partial charge in [0, 0.05) is 11.7 Å². The standard InChI is InChI=1S/C15H21N3O4/c1-9(2)18-12(19)7-17-13(20)8-22-15(21)11-6-4-5-10(3)14(11)16/h4-6,9H,7-8,16H2,1-3H3,(H,17,20)(H,18,19).